The van der Waals surface area contributed by atoms with Crippen molar-refractivity contribution in [1.82, 2.24) is 9.97 Å². The lowest BCUT2D eigenvalue weighted by Gasteiger charge is -2.05. The number of hydrogen-bond donors (Lipinski definition) is 1. The summed E-state index contributed by atoms with van der Waals surface area (Å²) in [6.07, 6.45) is 2.78. The van der Waals surface area contributed by atoms with Crippen LogP contribution in [0.4, 0.5) is 5.69 Å². The number of fused-ring (bicyclic) bond motifs is 1. The average molecular weight is 227 g/mol. The number of methoxy groups -OCH3 is 1. The molecule has 1 aliphatic heterocycles. The van der Waals surface area contributed by atoms with Crippen molar-refractivity contribution in [2.75, 3.05) is 19.0 Å². The van der Waals surface area contributed by atoms with Gasteiger partial charge in [0.15, 0.2) is 5.82 Å². The van der Waals surface area contributed by atoms with Crippen LogP contribution in [0.3, 0.4) is 0 Å². The normalized spacial score (nSPS) is 13.0. The van der Waals surface area contributed by atoms with Gasteiger partial charge >= 0.3 is 0 Å². The predicted molar refractivity (Wildman–Crippen MR) is 66.2 cm³/mol. The first-order chi connectivity index (χ1) is 8.36. The first-order valence-electron chi connectivity index (χ1n) is 5.61. The van der Waals surface area contributed by atoms with Crippen LogP contribution in [0.25, 0.3) is 11.4 Å². The smallest absolute Gasteiger partial charge is 0.216 e. The summed E-state index contributed by atoms with van der Waals surface area (Å²) >= 11 is 0. The van der Waals surface area contributed by atoms with Crippen LogP contribution in [-0.2, 0) is 6.42 Å². The second-order valence-corrected chi connectivity index (χ2v) is 3.97. The number of rotatable bonds is 2. The van der Waals surface area contributed by atoms with E-state index in [1.54, 1.807) is 19.4 Å². The minimum Gasteiger partial charge on any atom is -0.481 e. The van der Waals surface area contributed by atoms with Crippen LogP contribution in [0.2, 0.25) is 0 Å². The molecular weight excluding hydrogens is 214 g/mol. The number of ether oxygens (including phenoxy) is 1. The van der Waals surface area contributed by atoms with Crippen molar-refractivity contribution in [3.63, 3.8) is 0 Å². The fourth-order valence-electron chi connectivity index (χ4n) is 2.04. The van der Waals surface area contributed by atoms with Gasteiger partial charge in [0, 0.05) is 30.1 Å². The Morgan fingerprint density at radius 3 is 3.12 bits per heavy atom. The molecule has 17 heavy (non-hydrogen) atoms. The first kappa shape index (κ1) is 10.1. The van der Waals surface area contributed by atoms with E-state index >= 15 is 0 Å². The number of nitrogens with one attached hydrogen (secondary N) is 1. The van der Waals surface area contributed by atoms with Crippen LogP contribution in [0.15, 0.2) is 30.5 Å². The van der Waals surface area contributed by atoms with Crippen molar-refractivity contribution >= 4 is 5.69 Å². The van der Waals surface area contributed by atoms with E-state index in [-0.39, 0.29) is 0 Å². The third-order valence-electron chi connectivity index (χ3n) is 2.91. The Morgan fingerprint density at radius 2 is 2.24 bits per heavy atom. The second-order valence-electron chi connectivity index (χ2n) is 3.97. The maximum absolute atomic E-state index is 5.11. The molecule has 1 aliphatic rings. The Kier molecular flexibility index (Phi) is 2.40. The van der Waals surface area contributed by atoms with Gasteiger partial charge in [0.05, 0.1) is 7.11 Å². The van der Waals surface area contributed by atoms with E-state index < -0.39 is 0 Å². The molecule has 4 nitrogen and oxygen atoms in total. The predicted octanol–water partition coefficient (Wildman–Crippen LogP) is 2.12. The molecule has 0 bridgehead atoms. The number of aromatic nitrogens is 2. The molecule has 0 amide bonds. The maximum atomic E-state index is 5.11. The van der Waals surface area contributed by atoms with Crippen molar-refractivity contribution in [3.05, 3.63) is 36.0 Å². The van der Waals surface area contributed by atoms with E-state index in [1.165, 1.54) is 11.3 Å². The minimum atomic E-state index is 0.591. The highest BCUT2D eigenvalue weighted by Crippen LogP contribution is 2.27. The van der Waals surface area contributed by atoms with Gasteiger partial charge in [-0.15, -0.1) is 0 Å². The molecule has 0 aliphatic carbocycles. The van der Waals surface area contributed by atoms with E-state index in [9.17, 15) is 0 Å². The molecule has 0 fully saturated rings. The summed E-state index contributed by atoms with van der Waals surface area (Å²) < 4.78 is 5.11. The molecule has 1 aromatic heterocycles. The van der Waals surface area contributed by atoms with Crippen molar-refractivity contribution in [3.8, 4) is 17.3 Å². The third-order valence-corrected chi connectivity index (χ3v) is 2.91. The molecule has 1 aromatic carbocycles. The summed E-state index contributed by atoms with van der Waals surface area (Å²) in [6, 6.07) is 8.01. The molecule has 86 valence electrons. The summed E-state index contributed by atoms with van der Waals surface area (Å²) in [4.78, 5) is 8.60. The number of anilines is 1. The fraction of sp³-hybridized carbons (Fsp3) is 0.231. The maximum Gasteiger partial charge on any atom is 0.216 e. The third kappa shape index (κ3) is 1.82. The lowest BCUT2D eigenvalue weighted by molar-refractivity contribution is 0.397. The number of hydrogen-bond acceptors (Lipinski definition) is 4. The molecule has 0 saturated heterocycles. The molecule has 2 aromatic rings. The van der Waals surface area contributed by atoms with Gasteiger partial charge in [-0.3, -0.25) is 0 Å². The summed E-state index contributed by atoms with van der Waals surface area (Å²) in [5.74, 6) is 1.30. The Balaban J connectivity index is 2.03. The highest BCUT2D eigenvalue weighted by atomic mass is 16.5. The van der Waals surface area contributed by atoms with Crippen molar-refractivity contribution in [1.29, 1.82) is 0 Å². The summed E-state index contributed by atoms with van der Waals surface area (Å²) in [7, 11) is 1.61. The lowest BCUT2D eigenvalue weighted by Crippen LogP contribution is -1.93. The van der Waals surface area contributed by atoms with Crippen LogP contribution in [-0.4, -0.2) is 23.6 Å². The molecule has 3 rings (SSSR count). The molecule has 4 heteroatoms. The zero-order valence-corrected chi connectivity index (χ0v) is 9.60. The zero-order valence-electron chi connectivity index (χ0n) is 9.60. The molecule has 1 N–H and O–H groups in total. The van der Waals surface area contributed by atoms with Gasteiger partial charge in [0.1, 0.15) is 0 Å². The van der Waals surface area contributed by atoms with Crippen LogP contribution in [0, 0.1) is 0 Å². The van der Waals surface area contributed by atoms with Gasteiger partial charge < -0.3 is 10.1 Å². The standard InChI is InChI=1S/C13H13N3O/c1-17-12-5-7-15-13(16-12)10-2-3-11-9(8-10)4-6-14-11/h2-3,5,7-8,14H,4,6H2,1H3. The topological polar surface area (TPSA) is 47.0 Å². The van der Waals surface area contributed by atoms with E-state index in [4.69, 9.17) is 4.74 Å². The van der Waals surface area contributed by atoms with Crippen LogP contribution >= 0.6 is 0 Å². The van der Waals surface area contributed by atoms with Gasteiger partial charge in [-0.05, 0) is 30.2 Å². The number of nitrogens with zero attached hydrogens (tertiary/aromatic N) is 2. The van der Waals surface area contributed by atoms with Crippen molar-refractivity contribution < 1.29 is 4.74 Å². The fourth-order valence-corrected chi connectivity index (χ4v) is 2.04. The van der Waals surface area contributed by atoms with Gasteiger partial charge in [0.25, 0.3) is 0 Å². The van der Waals surface area contributed by atoms with E-state index in [0.29, 0.717) is 11.7 Å². The van der Waals surface area contributed by atoms with Gasteiger partial charge in [-0.1, -0.05) is 0 Å². The van der Waals surface area contributed by atoms with Gasteiger partial charge in [0.2, 0.25) is 5.88 Å². The monoisotopic (exact) mass is 227 g/mol. The van der Waals surface area contributed by atoms with Crippen LogP contribution < -0.4 is 10.1 Å². The summed E-state index contributed by atoms with van der Waals surface area (Å²) in [6.45, 7) is 1.01. The molecular formula is C13H13N3O. The Labute approximate surface area is 99.7 Å². The highest BCUT2D eigenvalue weighted by Gasteiger charge is 2.11. The van der Waals surface area contributed by atoms with Crippen molar-refractivity contribution in [2.24, 2.45) is 0 Å². The molecule has 2 heterocycles. The Morgan fingerprint density at radius 1 is 1.29 bits per heavy atom. The van der Waals surface area contributed by atoms with Gasteiger partial charge in [-0.2, -0.15) is 4.98 Å². The molecule has 0 spiro atoms. The lowest BCUT2D eigenvalue weighted by atomic mass is 10.1. The molecule has 0 atom stereocenters. The van der Waals surface area contributed by atoms with Crippen LogP contribution in [0.5, 0.6) is 5.88 Å². The minimum absolute atomic E-state index is 0.591. The molecule has 0 saturated carbocycles. The largest absolute Gasteiger partial charge is 0.481 e. The van der Waals surface area contributed by atoms with Gasteiger partial charge in [-0.25, -0.2) is 4.98 Å². The molecule has 0 radical (unpaired) electrons. The summed E-state index contributed by atoms with van der Waals surface area (Å²) in [5.41, 5.74) is 3.58. The Bertz CT molecular complexity index is 554. The first-order valence-corrected chi connectivity index (χ1v) is 5.61. The molecule has 0 unspecified atom stereocenters. The van der Waals surface area contributed by atoms with Crippen LogP contribution in [0.1, 0.15) is 5.56 Å². The number of benzene rings is 1. The summed E-state index contributed by atoms with van der Waals surface area (Å²) in [5, 5.41) is 3.34. The average Bonchev–Trinajstić information content (AvgIpc) is 2.86. The zero-order chi connectivity index (χ0) is 11.7. The highest BCUT2D eigenvalue weighted by molar-refractivity contribution is 5.65. The van der Waals surface area contributed by atoms with Crippen molar-refractivity contribution in [2.45, 2.75) is 6.42 Å². The van der Waals surface area contributed by atoms with E-state index in [2.05, 4.69) is 27.4 Å². The quantitative estimate of drug-likeness (QED) is 0.853. The van der Waals surface area contributed by atoms with E-state index in [1.807, 2.05) is 6.07 Å². The Hall–Kier alpha value is -2.10. The van der Waals surface area contributed by atoms with E-state index in [0.717, 1.165) is 18.5 Å². The second kappa shape index (κ2) is 4.05. The SMILES string of the molecule is COc1ccnc(-c2ccc3c(c2)CCN3)n1.